The van der Waals surface area contributed by atoms with E-state index in [0.717, 1.165) is 12.0 Å². The molecule has 0 saturated heterocycles. The highest BCUT2D eigenvalue weighted by Crippen LogP contribution is 2.09. The van der Waals surface area contributed by atoms with Crippen molar-refractivity contribution in [1.82, 2.24) is 5.32 Å². The van der Waals surface area contributed by atoms with Crippen molar-refractivity contribution in [1.29, 1.82) is 0 Å². The summed E-state index contributed by atoms with van der Waals surface area (Å²) in [5.74, 6) is 5.54. The normalized spacial score (nSPS) is 13.3. The maximum atomic E-state index is 11.7. The fourth-order valence-electron chi connectivity index (χ4n) is 2.28. The minimum atomic E-state index is -1.20. The lowest BCUT2D eigenvalue weighted by atomic mass is 10.1. The molecule has 3 N–H and O–H groups in total. The molecule has 1 rings (SSSR count). The summed E-state index contributed by atoms with van der Waals surface area (Å²) in [5.41, 5.74) is 1.39. The van der Waals surface area contributed by atoms with Gasteiger partial charge in [0.1, 0.15) is 11.7 Å². The van der Waals surface area contributed by atoms with Crippen LogP contribution in [0.1, 0.15) is 58.1 Å². The molecule has 0 fully saturated rings. The Morgan fingerprint density at radius 3 is 2.42 bits per heavy atom. The monoisotopic (exact) mass is 361 g/mol. The number of nitrogens with one attached hydrogen (secondary N) is 1. The molecule has 0 aliphatic heterocycles. The third-order valence-corrected chi connectivity index (χ3v) is 3.67. The molecule has 26 heavy (non-hydrogen) atoms. The number of ether oxygens (including phenoxy) is 1. The highest BCUT2D eigenvalue weighted by Gasteiger charge is 2.22. The lowest BCUT2D eigenvalue weighted by molar-refractivity contribution is 0.0413. The van der Waals surface area contributed by atoms with E-state index in [2.05, 4.69) is 24.1 Å². The van der Waals surface area contributed by atoms with Gasteiger partial charge in [-0.25, -0.2) is 4.79 Å². The topological polar surface area (TPSA) is 78.8 Å². The second-order valence-corrected chi connectivity index (χ2v) is 7.30. The van der Waals surface area contributed by atoms with E-state index in [1.165, 1.54) is 24.8 Å². The van der Waals surface area contributed by atoms with E-state index < -0.39 is 30.4 Å². The molecule has 1 aromatic rings. The Bertz CT molecular complexity index is 608. The predicted molar refractivity (Wildman–Crippen MR) is 103 cm³/mol. The maximum Gasteiger partial charge on any atom is 0.408 e. The number of carbonyl (C=O) groups excluding carboxylic acids is 1. The summed E-state index contributed by atoms with van der Waals surface area (Å²) in [6.07, 6.45) is 2.75. The summed E-state index contributed by atoms with van der Waals surface area (Å²) in [5, 5.41) is 21.9. The lowest BCUT2D eigenvalue weighted by Gasteiger charge is -2.23. The van der Waals surface area contributed by atoms with Gasteiger partial charge in [0.15, 0.2) is 0 Å². The summed E-state index contributed by atoms with van der Waals surface area (Å²) < 4.78 is 5.12. The summed E-state index contributed by atoms with van der Waals surface area (Å²) in [7, 11) is 0. The van der Waals surface area contributed by atoms with Crippen LogP contribution in [-0.4, -0.2) is 40.7 Å². The molecule has 1 unspecified atom stereocenters. The first-order valence-corrected chi connectivity index (χ1v) is 9.14. The number of hydrogen-bond acceptors (Lipinski definition) is 4. The first-order chi connectivity index (χ1) is 12.2. The molecule has 0 saturated carbocycles. The molecule has 5 heteroatoms. The quantitative estimate of drug-likeness (QED) is 0.515. The molecule has 5 nitrogen and oxygen atoms in total. The van der Waals surface area contributed by atoms with Gasteiger partial charge in [-0.1, -0.05) is 43.7 Å². The van der Waals surface area contributed by atoms with Crippen LogP contribution in [0.3, 0.4) is 0 Å². The molecule has 1 aromatic carbocycles. The minimum absolute atomic E-state index is 0.439. The second-order valence-electron chi connectivity index (χ2n) is 7.30. The molecule has 0 radical (unpaired) electrons. The van der Waals surface area contributed by atoms with Gasteiger partial charge in [-0.15, -0.1) is 0 Å². The fourth-order valence-corrected chi connectivity index (χ4v) is 2.28. The van der Waals surface area contributed by atoms with E-state index in [-0.39, 0.29) is 0 Å². The van der Waals surface area contributed by atoms with E-state index in [0.29, 0.717) is 0 Å². The number of benzene rings is 1. The number of rotatable bonds is 7. The van der Waals surface area contributed by atoms with Crippen LogP contribution in [-0.2, 0) is 11.2 Å². The molecule has 1 amide bonds. The Kier molecular flexibility index (Phi) is 9.18. The zero-order valence-electron chi connectivity index (χ0n) is 16.2. The van der Waals surface area contributed by atoms with Crippen LogP contribution in [0.2, 0.25) is 0 Å². The summed E-state index contributed by atoms with van der Waals surface area (Å²) in [6.45, 7) is 6.96. The Balaban J connectivity index is 2.62. The van der Waals surface area contributed by atoms with Crippen LogP contribution < -0.4 is 5.32 Å². The van der Waals surface area contributed by atoms with Crippen molar-refractivity contribution < 1.29 is 19.7 Å². The molecule has 144 valence electrons. The largest absolute Gasteiger partial charge is 0.444 e. The Labute approximate surface area is 156 Å². The van der Waals surface area contributed by atoms with Crippen molar-refractivity contribution in [2.45, 2.75) is 71.1 Å². The molecule has 0 aromatic heterocycles. The van der Waals surface area contributed by atoms with Crippen molar-refractivity contribution in [2.24, 2.45) is 0 Å². The van der Waals surface area contributed by atoms with Crippen molar-refractivity contribution >= 4 is 6.09 Å². The standard InChI is InChI=1S/C21H31NO4/c1-5-6-7-8-16-9-11-17(12-10-16)13-14-19(24)18(15-23)22-20(25)26-21(2,3)4/h9-12,18-19,23-24H,5-8,15H2,1-4H3,(H,22,25)/t18?,19-/m0/s1. The van der Waals surface area contributed by atoms with Crippen LogP contribution in [0, 0.1) is 11.8 Å². The summed E-state index contributed by atoms with van der Waals surface area (Å²) in [6, 6.07) is 6.99. The first-order valence-electron chi connectivity index (χ1n) is 9.14. The average Bonchev–Trinajstić information content (AvgIpc) is 2.57. The number of alkyl carbamates (subject to hydrolysis) is 1. The minimum Gasteiger partial charge on any atom is -0.444 e. The number of hydrogen-bond donors (Lipinski definition) is 3. The second kappa shape index (κ2) is 10.8. The molecular formula is C21H31NO4. The van der Waals surface area contributed by atoms with Crippen molar-refractivity contribution in [3.63, 3.8) is 0 Å². The summed E-state index contributed by atoms with van der Waals surface area (Å²) >= 11 is 0. The molecular weight excluding hydrogens is 330 g/mol. The SMILES string of the molecule is CCCCCc1ccc(C#C[C@H](O)C(CO)NC(=O)OC(C)(C)C)cc1. The van der Waals surface area contributed by atoms with E-state index in [9.17, 15) is 15.0 Å². The summed E-state index contributed by atoms with van der Waals surface area (Å²) in [4.78, 5) is 11.7. The average molecular weight is 361 g/mol. The van der Waals surface area contributed by atoms with Gasteiger partial charge >= 0.3 is 6.09 Å². The van der Waals surface area contributed by atoms with Crippen LogP contribution in [0.15, 0.2) is 24.3 Å². The van der Waals surface area contributed by atoms with Crippen molar-refractivity contribution in [3.8, 4) is 11.8 Å². The number of unbranched alkanes of at least 4 members (excludes halogenated alkanes) is 2. The zero-order chi connectivity index (χ0) is 19.6. The van der Waals surface area contributed by atoms with Crippen LogP contribution in [0.5, 0.6) is 0 Å². The molecule has 0 spiro atoms. The van der Waals surface area contributed by atoms with Crippen LogP contribution in [0.4, 0.5) is 4.79 Å². The first kappa shape index (κ1) is 22.0. The van der Waals surface area contributed by atoms with E-state index in [1.807, 2.05) is 24.3 Å². The van der Waals surface area contributed by atoms with Crippen LogP contribution in [0.25, 0.3) is 0 Å². The smallest absolute Gasteiger partial charge is 0.408 e. The van der Waals surface area contributed by atoms with E-state index in [1.54, 1.807) is 20.8 Å². The zero-order valence-corrected chi connectivity index (χ0v) is 16.2. The molecule has 0 heterocycles. The molecule has 2 atom stereocenters. The van der Waals surface area contributed by atoms with Gasteiger partial charge in [-0.05, 0) is 51.3 Å². The van der Waals surface area contributed by atoms with Crippen molar-refractivity contribution in [2.75, 3.05) is 6.61 Å². The third kappa shape index (κ3) is 8.89. The molecule has 0 aliphatic rings. The predicted octanol–water partition coefficient (Wildman–Crippen LogP) is 3.02. The number of aliphatic hydroxyl groups is 2. The maximum absolute atomic E-state index is 11.7. The molecule has 0 bridgehead atoms. The van der Waals surface area contributed by atoms with E-state index in [4.69, 9.17) is 4.74 Å². The van der Waals surface area contributed by atoms with E-state index >= 15 is 0 Å². The van der Waals surface area contributed by atoms with Gasteiger partial charge in [0.2, 0.25) is 0 Å². The Morgan fingerprint density at radius 2 is 1.88 bits per heavy atom. The van der Waals surface area contributed by atoms with Gasteiger partial charge in [-0.3, -0.25) is 0 Å². The third-order valence-electron chi connectivity index (χ3n) is 3.67. The van der Waals surface area contributed by atoms with Gasteiger partial charge in [0, 0.05) is 5.56 Å². The molecule has 0 aliphatic carbocycles. The Hall–Kier alpha value is -2.03. The number of amides is 1. The van der Waals surface area contributed by atoms with Gasteiger partial charge < -0.3 is 20.3 Å². The number of carbonyl (C=O) groups is 1. The van der Waals surface area contributed by atoms with Crippen molar-refractivity contribution in [3.05, 3.63) is 35.4 Å². The Morgan fingerprint density at radius 1 is 1.23 bits per heavy atom. The van der Waals surface area contributed by atoms with Gasteiger partial charge in [-0.2, -0.15) is 0 Å². The fraction of sp³-hybridized carbons (Fsp3) is 0.571. The number of aliphatic hydroxyl groups excluding tert-OH is 2. The van der Waals surface area contributed by atoms with Gasteiger partial charge in [0.05, 0.1) is 12.6 Å². The number of aryl methyl sites for hydroxylation is 1. The van der Waals surface area contributed by atoms with Gasteiger partial charge in [0.25, 0.3) is 0 Å². The highest BCUT2D eigenvalue weighted by atomic mass is 16.6. The van der Waals surface area contributed by atoms with Crippen LogP contribution >= 0.6 is 0 Å². The lowest BCUT2D eigenvalue weighted by Crippen LogP contribution is -2.47. The highest BCUT2D eigenvalue weighted by molar-refractivity contribution is 5.68.